The van der Waals surface area contributed by atoms with Crippen molar-refractivity contribution in [2.45, 2.75) is 19.8 Å². The number of ether oxygens (including phenoxy) is 2. The molecule has 0 spiro atoms. The molecule has 1 saturated heterocycles. The van der Waals surface area contributed by atoms with Gasteiger partial charge in [-0.25, -0.2) is 0 Å². The number of piperidine rings is 1. The normalized spacial score (nSPS) is 19.9. The number of benzene rings is 1. The zero-order valence-corrected chi connectivity index (χ0v) is 10.4. The predicted molar refractivity (Wildman–Crippen MR) is 68.7 cm³/mol. The molecule has 3 nitrogen and oxygen atoms in total. The molecule has 3 heteroatoms. The van der Waals surface area contributed by atoms with Gasteiger partial charge in [-0.3, -0.25) is 0 Å². The van der Waals surface area contributed by atoms with Gasteiger partial charge >= 0.3 is 0 Å². The maximum atomic E-state index is 5.86. The second-order valence-electron chi connectivity index (χ2n) is 4.40. The van der Waals surface area contributed by atoms with Crippen LogP contribution in [0.25, 0.3) is 0 Å². The largest absolute Gasteiger partial charge is 0.490 e. The lowest BCUT2D eigenvalue weighted by molar-refractivity contribution is 0.208. The Morgan fingerprint density at radius 3 is 2.65 bits per heavy atom. The molecular weight excluding hydrogens is 214 g/mol. The highest BCUT2D eigenvalue weighted by atomic mass is 16.5. The minimum absolute atomic E-state index is 0.624. The summed E-state index contributed by atoms with van der Waals surface area (Å²) in [6.07, 6.45) is 2.50. The van der Waals surface area contributed by atoms with Gasteiger partial charge in [0.15, 0.2) is 11.5 Å². The summed E-state index contributed by atoms with van der Waals surface area (Å²) in [7, 11) is 0. The van der Waals surface area contributed by atoms with Gasteiger partial charge in [-0.05, 0) is 38.4 Å². The van der Waals surface area contributed by atoms with Crippen molar-refractivity contribution in [2.24, 2.45) is 5.92 Å². The van der Waals surface area contributed by atoms with Gasteiger partial charge in [0.25, 0.3) is 0 Å². The standard InChI is InChI=1S/C14H21NO2/c1-2-16-13-7-3-4-8-14(13)17-11-12-6-5-9-15-10-12/h3-4,7-8,12,15H,2,5-6,9-11H2,1H3. The lowest BCUT2D eigenvalue weighted by atomic mass is 10.0. The van der Waals surface area contributed by atoms with Crippen molar-refractivity contribution >= 4 is 0 Å². The highest BCUT2D eigenvalue weighted by molar-refractivity contribution is 5.39. The van der Waals surface area contributed by atoms with Crippen molar-refractivity contribution < 1.29 is 9.47 Å². The topological polar surface area (TPSA) is 30.5 Å². The van der Waals surface area contributed by atoms with Crippen molar-refractivity contribution in [1.29, 1.82) is 0 Å². The number of hydrogen-bond acceptors (Lipinski definition) is 3. The van der Waals surface area contributed by atoms with Gasteiger partial charge in [-0.15, -0.1) is 0 Å². The molecule has 1 aromatic rings. The van der Waals surface area contributed by atoms with Crippen LogP contribution in [0.1, 0.15) is 19.8 Å². The van der Waals surface area contributed by atoms with Crippen LogP contribution < -0.4 is 14.8 Å². The van der Waals surface area contributed by atoms with E-state index in [4.69, 9.17) is 9.47 Å². The summed E-state index contributed by atoms with van der Waals surface area (Å²) in [5.74, 6) is 2.33. The molecule has 2 rings (SSSR count). The van der Waals surface area contributed by atoms with Crippen molar-refractivity contribution in [3.05, 3.63) is 24.3 Å². The fourth-order valence-corrected chi connectivity index (χ4v) is 2.12. The second-order valence-corrected chi connectivity index (χ2v) is 4.40. The SMILES string of the molecule is CCOc1ccccc1OCC1CCCNC1. The third kappa shape index (κ3) is 3.63. The van der Waals surface area contributed by atoms with E-state index in [9.17, 15) is 0 Å². The minimum atomic E-state index is 0.624. The van der Waals surface area contributed by atoms with Crippen LogP contribution in [0.15, 0.2) is 24.3 Å². The highest BCUT2D eigenvalue weighted by Crippen LogP contribution is 2.27. The molecule has 94 valence electrons. The first kappa shape index (κ1) is 12.2. The third-order valence-electron chi connectivity index (χ3n) is 3.02. The number of nitrogens with one attached hydrogen (secondary N) is 1. The summed E-state index contributed by atoms with van der Waals surface area (Å²) in [5, 5.41) is 3.40. The Kier molecular flexibility index (Phi) is 4.68. The first-order chi connectivity index (χ1) is 8.40. The van der Waals surface area contributed by atoms with Crippen LogP contribution in [-0.4, -0.2) is 26.3 Å². The summed E-state index contributed by atoms with van der Waals surface area (Å²) >= 11 is 0. The summed E-state index contributed by atoms with van der Waals surface area (Å²) in [6.45, 7) is 5.65. The number of hydrogen-bond donors (Lipinski definition) is 1. The monoisotopic (exact) mass is 235 g/mol. The zero-order chi connectivity index (χ0) is 11.9. The first-order valence-corrected chi connectivity index (χ1v) is 6.45. The van der Waals surface area contributed by atoms with Gasteiger partial charge in [0.1, 0.15) is 0 Å². The van der Waals surface area contributed by atoms with Gasteiger partial charge in [0, 0.05) is 12.5 Å². The molecule has 0 saturated carbocycles. The molecule has 0 aromatic heterocycles. The smallest absolute Gasteiger partial charge is 0.161 e. The molecule has 0 bridgehead atoms. The van der Waals surface area contributed by atoms with Crippen LogP contribution in [0, 0.1) is 5.92 Å². The fraction of sp³-hybridized carbons (Fsp3) is 0.571. The lowest BCUT2D eigenvalue weighted by Crippen LogP contribution is -2.33. The highest BCUT2D eigenvalue weighted by Gasteiger charge is 2.14. The van der Waals surface area contributed by atoms with Crippen molar-refractivity contribution in [2.75, 3.05) is 26.3 Å². The Morgan fingerprint density at radius 2 is 2.00 bits per heavy atom. The average molecular weight is 235 g/mol. The van der Waals surface area contributed by atoms with Crippen LogP contribution in [0.5, 0.6) is 11.5 Å². The quantitative estimate of drug-likeness (QED) is 0.850. The minimum Gasteiger partial charge on any atom is -0.490 e. The van der Waals surface area contributed by atoms with E-state index in [-0.39, 0.29) is 0 Å². The second kappa shape index (κ2) is 6.50. The maximum Gasteiger partial charge on any atom is 0.161 e. The van der Waals surface area contributed by atoms with Crippen molar-refractivity contribution in [3.8, 4) is 11.5 Å². The van der Waals surface area contributed by atoms with Crippen LogP contribution in [0.4, 0.5) is 0 Å². The predicted octanol–water partition coefficient (Wildman–Crippen LogP) is 2.46. The maximum absolute atomic E-state index is 5.86. The van der Waals surface area contributed by atoms with Crippen LogP contribution in [0.2, 0.25) is 0 Å². The molecule has 0 amide bonds. The van der Waals surface area contributed by atoms with Gasteiger partial charge < -0.3 is 14.8 Å². The van der Waals surface area contributed by atoms with E-state index in [1.54, 1.807) is 0 Å². The number of para-hydroxylation sites is 2. The Balaban J connectivity index is 1.88. The summed E-state index contributed by atoms with van der Waals surface area (Å²) in [4.78, 5) is 0. The fourth-order valence-electron chi connectivity index (χ4n) is 2.12. The van der Waals surface area contributed by atoms with Crippen LogP contribution in [-0.2, 0) is 0 Å². The molecule has 1 aliphatic rings. The Morgan fingerprint density at radius 1 is 1.24 bits per heavy atom. The van der Waals surface area contributed by atoms with Crippen molar-refractivity contribution in [1.82, 2.24) is 5.32 Å². The molecule has 0 aliphatic carbocycles. The van der Waals surface area contributed by atoms with Gasteiger partial charge in [-0.2, -0.15) is 0 Å². The van der Waals surface area contributed by atoms with Crippen LogP contribution in [0.3, 0.4) is 0 Å². The van der Waals surface area contributed by atoms with Gasteiger partial charge in [-0.1, -0.05) is 12.1 Å². The van der Waals surface area contributed by atoms with E-state index in [0.717, 1.165) is 31.2 Å². The molecule has 1 fully saturated rings. The Hall–Kier alpha value is -1.22. The molecule has 1 N–H and O–H groups in total. The first-order valence-electron chi connectivity index (χ1n) is 6.45. The molecule has 0 radical (unpaired) electrons. The van der Waals surface area contributed by atoms with E-state index in [0.29, 0.717) is 12.5 Å². The summed E-state index contributed by atoms with van der Waals surface area (Å²) in [5.41, 5.74) is 0. The molecule has 1 heterocycles. The lowest BCUT2D eigenvalue weighted by Gasteiger charge is -2.23. The van der Waals surface area contributed by atoms with E-state index in [1.165, 1.54) is 12.8 Å². The number of rotatable bonds is 5. The third-order valence-corrected chi connectivity index (χ3v) is 3.02. The Bertz CT molecular complexity index is 335. The summed E-state index contributed by atoms with van der Waals surface area (Å²) in [6, 6.07) is 7.89. The molecule has 17 heavy (non-hydrogen) atoms. The molecule has 1 atom stereocenters. The van der Waals surface area contributed by atoms with E-state index >= 15 is 0 Å². The Labute approximate surface area is 103 Å². The molecule has 1 aromatic carbocycles. The molecular formula is C14H21NO2. The summed E-state index contributed by atoms with van der Waals surface area (Å²) < 4.78 is 11.4. The van der Waals surface area contributed by atoms with Crippen LogP contribution >= 0.6 is 0 Å². The van der Waals surface area contributed by atoms with Gasteiger partial charge in [0.2, 0.25) is 0 Å². The van der Waals surface area contributed by atoms with E-state index in [2.05, 4.69) is 5.32 Å². The zero-order valence-electron chi connectivity index (χ0n) is 10.4. The average Bonchev–Trinajstić information content (AvgIpc) is 2.39. The van der Waals surface area contributed by atoms with E-state index in [1.807, 2.05) is 31.2 Å². The van der Waals surface area contributed by atoms with Crippen molar-refractivity contribution in [3.63, 3.8) is 0 Å². The molecule has 1 unspecified atom stereocenters. The molecule has 1 aliphatic heterocycles. The van der Waals surface area contributed by atoms with E-state index < -0.39 is 0 Å². The van der Waals surface area contributed by atoms with Gasteiger partial charge in [0.05, 0.1) is 13.2 Å².